The molecule has 10 heavy (non-hydrogen) atoms. The largest absolute Gasteiger partial charge is 0.497 e. The molecule has 0 fully saturated rings. The fourth-order valence-corrected chi connectivity index (χ4v) is 0.547. The Kier molecular flexibility index (Phi) is 5.54. The van der Waals surface area contributed by atoms with Crippen LogP contribution in [0.2, 0.25) is 0 Å². The summed E-state index contributed by atoms with van der Waals surface area (Å²) in [5, 5.41) is 0. The molecule has 0 amide bonds. The van der Waals surface area contributed by atoms with Crippen molar-refractivity contribution in [3.8, 4) is 0 Å². The molecule has 0 aromatic heterocycles. The van der Waals surface area contributed by atoms with E-state index in [2.05, 4.69) is 0 Å². The molecule has 0 aromatic rings. The first-order chi connectivity index (χ1) is 4.85. The van der Waals surface area contributed by atoms with Crippen LogP contribution in [0.15, 0.2) is 36.1 Å². The zero-order valence-electron chi connectivity index (χ0n) is 6.79. The Hall–Kier alpha value is -0.980. The second-order valence-electron chi connectivity index (χ2n) is 1.80. The van der Waals surface area contributed by atoms with Gasteiger partial charge >= 0.3 is 0 Å². The number of hydrogen-bond donors (Lipinski definition) is 0. The first-order valence-electron chi connectivity index (χ1n) is 3.34. The van der Waals surface area contributed by atoms with Gasteiger partial charge in [0.2, 0.25) is 0 Å². The minimum absolute atomic E-state index is 0.876. The summed E-state index contributed by atoms with van der Waals surface area (Å²) >= 11 is 0. The minimum atomic E-state index is 0.876. The Bertz CT molecular complexity index is 152. The van der Waals surface area contributed by atoms with E-state index in [4.69, 9.17) is 4.74 Å². The Morgan fingerprint density at radius 2 is 1.90 bits per heavy atom. The maximum atomic E-state index is 5.02. The van der Waals surface area contributed by atoms with Crippen LogP contribution in [0, 0.1) is 0 Å². The molecule has 1 nitrogen and oxygen atoms in total. The maximum absolute atomic E-state index is 5.02. The van der Waals surface area contributed by atoms with Crippen molar-refractivity contribution < 1.29 is 4.74 Å². The minimum Gasteiger partial charge on any atom is -0.497 e. The summed E-state index contributed by atoms with van der Waals surface area (Å²) in [5.41, 5.74) is 0. The quantitative estimate of drug-likeness (QED) is 0.430. The Morgan fingerprint density at radius 3 is 2.30 bits per heavy atom. The Morgan fingerprint density at radius 1 is 1.20 bits per heavy atom. The summed E-state index contributed by atoms with van der Waals surface area (Å²) in [5.74, 6) is 0.876. The third-order valence-electron chi connectivity index (χ3n) is 1.02. The Balaban J connectivity index is 4.04. The summed E-state index contributed by atoms with van der Waals surface area (Å²) in [4.78, 5) is 0. The van der Waals surface area contributed by atoms with E-state index < -0.39 is 0 Å². The lowest BCUT2D eigenvalue weighted by atomic mass is 10.4. The maximum Gasteiger partial charge on any atom is 0.118 e. The number of allylic oxidation sites excluding steroid dienone is 5. The van der Waals surface area contributed by atoms with E-state index in [0.717, 1.165) is 5.76 Å². The van der Waals surface area contributed by atoms with Crippen LogP contribution in [0.1, 0.15) is 13.8 Å². The highest BCUT2D eigenvalue weighted by Crippen LogP contribution is 1.97. The fourth-order valence-electron chi connectivity index (χ4n) is 0.547. The van der Waals surface area contributed by atoms with Gasteiger partial charge in [0, 0.05) is 0 Å². The Labute approximate surface area is 62.7 Å². The second kappa shape index (κ2) is 6.14. The highest BCUT2D eigenvalue weighted by atomic mass is 16.5. The average Bonchev–Trinajstić information content (AvgIpc) is 1.98. The summed E-state index contributed by atoms with van der Waals surface area (Å²) < 4.78 is 5.02. The third-order valence-corrected chi connectivity index (χ3v) is 1.02. The number of rotatable bonds is 3. The monoisotopic (exact) mass is 138 g/mol. The smallest absolute Gasteiger partial charge is 0.118 e. The first kappa shape index (κ1) is 9.02. The lowest BCUT2D eigenvalue weighted by molar-refractivity contribution is 0.307. The van der Waals surface area contributed by atoms with Gasteiger partial charge in [-0.05, 0) is 26.0 Å². The van der Waals surface area contributed by atoms with Gasteiger partial charge in [0.25, 0.3) is 0 Å². The van der Waals surface area contributed by atoms with Crippen molar-refractivity contribution in [2.75, 3.05) is 7.11 Å². The lowest BCUT2D eigenvalue weighted by Crippen LogP contribution is -1.78. The van der Waals surface area contributed by atoms with Gasteiger partial charge in [0.1, 0.15) is 5.76 Å². The van der Waals surface area contributed by atoms with Crippen molar-refractivity contribution >= 4 is 0 Å². The van der Waals surface area contributed by atoms with Crippen molar-refractivity contribution in [2.24, 2.45) is 0 Å². The molecule has 56 valence electrons. The SMILES string of the molecule is C\C=C/C=C(\C=C\C)OC. The van der Waals surface area contributed by atoms with E-state index in [-0.39, 0.29) is 0 Å². The van der Waals surface area contributed by atoms with Crippen LogP contribution in [0.25, 0.3) is 0 Å². The first-order valence-corrected chi connectivity index (χ1v) is 3.34. The van der Waals surface area contributed by atoms with E-state index in [1.165, 1.54) is 0 Å². The predicted molar refractivity (Wildman–Crippen MR) is 44.7 cm³/mol. The average molecular weight is 138 g/mol. The highest BCUT2D eigenvalue weighted by Gasteiger charge is 1.81. The van der Waals surface area contributed by atoms with Crippen LogP contribution in [-0.4, -0.2) is 7.11 Å². The summed E-state index contributed by atoms with van der Waals surface area (Å²) in [6, 6.07) is 0. The standard InChI is InChI=1S/C9H14O/c1-4-6-8-9(10-3)7-5-2/h4-8H,1-3H3/b6-4-,7-5+,9-8+. The van der Waals surface area contributed by atoms with Crippen LogP contribution in [0.4, 0.5) is 0 Å². The van der Waals surface area contributed by atoms with E-state index in [1.807, 2.05) is 44.2 Å². The highest BCUT2D eigenvalue weighted by molar-refractivity contribution is 5.17. The molecule has 0 heterocycles. The van der Waals surface area contributed by atoms with Crippen LogP contribution in [-0.2, 0) is 4.74 Å². The van der Waals surface area contributed by atoms with Crippen molar-refractivity contribution in [1.29, 1.82) is 0 Å². The van der Waals surface area contributed by atoms with Gasteiger partial charge < -0.3 is 4.74 Å². The van der Waals surface area contributed by atoms with Gasteiger partial charge in [-0.15, -0.1) is 0 Å². The third kappa shape index (κ3) is 3.96. The van der Waals surface area contributed by atoms with Gasteiger partial charge in [-0.25, -0.2) is 0 Å². The molecule has 1 heteroatoms. The van der Waals surface area contributed by atoms with Crippen LogP contribution < -0.4 is 0 Å². The van der Waals surface area contributed by atoms with E-state index in [1.54, 1.807) is 7.11 Å². The molecule has 0 aliphatic rings. The van der Waals surface area contributed by atoms with Crippen LogP contribution >= 0.6 is 0 Å². The van der Waals surface area contributed by atoms with Gasteiger partial charge in [-0.2, -0.15) is 0 Å². The molecule has 0 rings (SSSR count). The molecule has 0 saturated heterocycles. The van der Waals surface area contributed by atoms with E-state index in [0.29, 0.717) is 0 Å². The molecule has 0 aliphatic heterocycles. The topological polar surface area (TPSA) is 9.23 Å². The molecule has 0 bridgehead atoms. The van der Waals surface area contributed by atoms with Gasteiger partial charge in [-0.1, -0.05) is 18.2 Å². The molecule has 0 N–H and O–H groups in total. The van der Waals surface area contributed by atoms with Crippen molar-refractivity contribution in [1.82, 2.24) is 0 Å². The molecule has 0 aromatic carbocycles. The predicted octanol–water partition coefficient (Wildman–Crippen LogP) is 2.67. The normalized spacial score (nSPS) is 13.3. The summed E-state index contributed by atoms with van der Waals surface area (Å²) in [6.45, 7) is 3.93. The van der Waals surface area contributed by atoms with Crippen LogP contribution in [0.3, 0.4) is 0 Å². The molecule has 0 radical (unpaired) electrons. The molecule has 0 saturated carbocycles. The molecule has 0 aliphatic carbocycles. The molecular weight excluding hydrogens is 124 g/mol. The van der Waals surface area contributed by atoms with Gasteiger partial charge in [-0.3, -0.25) is 0 Å². The number of ether oxygens (including phenoxy) is 1. The molecule has 0 spiro atoms. The lowest BCUT2D eigenvalue weighted by Gasteiger charge is -1.95. The van der Waals surface area contributed by atoms with E-state index in [9.17, 15) is 0 Å². The summed E-state index contributed by atoms with van der Waals surface area (Å²) in [7, 11) is 1.66. The molecule has 0 unspecified atom stereocenters. The number of methoxy groups -OCH3 is 1. The van der Waals surface area contributed by atoms with Crippen molar-refractivity contribution in [3.63, 3.8) is 0 Å². The van der Waals surface area contributed by atoms with Crippen molar-refractivity contribution in [2.45, 2.75) is 13.8 Å². The molecule has 0 atom stereocenters. The summed E-state index contributed by atoms with van der Waals surface area (Å²) in [6.07, 6.45) is 9.68. The second-order valence-corrected chi connectivity index (χ2v) is 1.80. The van der Waals surface area contributed by atoms with E-state index >= 15 is 0 Å². The molecular formula is C9H14O. The van der Waals surface area contributed by atoms with Crippen molar-refractivity contribution in [3.05, 3.63) is 36.1 Å². The zero-order chi connectivity index (χ0) is 7.82. The van der Waals surface area contributed by atoms with Crippen LogP contribution in [0.5, 0.6) is 0 Å². The zero-order valence-corrected chi connectivity index (χ0v) is 6.79. The van der Waals surface area contributed by atoms with Gasteiger partial charge in [0.05, 0.1) is 7.11 Å². The fraction of sp³-hybridized carbons (Fsp3) is 0.333. The van der Waals surface area contributed by atoms with Gasteiger partial charge in [0.15, 0.2) is 0 Å². The number of hydrogen-bond acceptors (Lipinski definition) is 1.